The number of fused-ring (bicyclic) bond motifs is 3. The molecule has 8 nitrogen and oxygen atoms in total. The lowest BCUT2D eigenvalue weighted by Crippen LogP contribution is -2.38. The molecular weight excluding hydrogens is 396 g/mol. The smallest absolute Gasteiger partial charge is 0.335 e. The largest absolute Gasteiger partial charge is 0.497 e. The molecule has 5 rings (SSSR count). The summed E-state index contributed by atoms with van der Waals surface area (Å²) in [6.07, 6.45) is 0.759. The maximum absolute atomic E-state index is 12.8. The number of aromatic hydroxyl groups is 1. The molecule has 4 N–H and O–H groups in total. The van der Waals surface area contributed by atoms with Gasteiger partial charge in [0.15, 0.2) is 0 Å². The van der Waals surface area contributed by atoms with Crippen LogP contribution < -0.4 is 21.3 Å². The van der Waals surface area contributed by atoms with E-state index in [4.69, 9.17) is 4.74 Å². The fourth-order valence-electron chi connectivity index (χ4n) is 4.39. The quantitative estimate of drug-likeness (QED) is 0.408. The van der Waals surface area contributed by atoms with E-state index in [1.165, 1.54) is 0 Å². The van der Waals surface area contributed by atoms with Gasteiger partial charge in [-0.15, -0.1) is 0 Å². The number of rotatable bonds is 3. The Morgan fingerprint density at radius 3 is 2.74 bits per heavy atom. The summed E-state index contributed by atoms with van der Waals surface area (Å²) < 4.78 is 6.49. The van der Waals surface area contributed by atoms with Crippen LogP contribution in [-0.2, 0) is 6.42 Å². The molecule has 3 heterocycles. The van der Waals surface area contributed by atoms with Crippen molar-refractivity contribution in [2.45, 2.75) is 19.4 Å². The third-order valence-corrected chi connectivity index (χ3v) is 5.83. The van der Waals surface area contributed by atoms with Crippen molar-refractivity contribution in [2.24, 2.45) is 0 Å². The number of H-pyrrole nitrogens is 2. The van der Waals surface area contributed by atoms with Crippen molar-refractivity contribution in [1.82, 2.24) is 19.9 Å². The summed E-state index contributed by atoms with van der Waals surface area (Å²) >= 11 is 0. The van der Waals surface area contributed by atoms with Gasteiger partial charge in [-0.1, -0.05) is 12.1 Å². The Hall–Kier alpha value is -3.78. The lowest BCUT2D eigenvalue weighted by Gasteiger charge is -2.25. The van der Waals surface area contributed by atoms with E-state index in [1.807, 2.05) is 31.2 Å². The third kappa shape index (κ3) is 3.03. The molecule has 8 heteroatoms. The van der Waals surface area contributed by atoms with E-state index < -0.39 is 17.3 Å². The van der Waals surface area contributed by atoms with Crippen molar-refractivity contribution >= 4 is 10.9 Å². The van der Waals surface area contributed by atoms with Crippen molar-refractivity contribution in [1.29, 1.82) is 0 Å². The van der Waals surface area contributed by atoms with Gasteiger partial charge in [0.25, 0.3) is 5.56 Å². The molecule has 0 saturated carbocycles. The highest BCUT2D eigenvalue weighted by Gasteiger charge is 2.31. The van der Waals surface area contributed by atoms with Crippen LogP contribution in [-0.4, -0.2) is 33.3 Å². The van der Waals surface area contributed by atoms with Crippen molar-refractivity contribution in [3.8, 4) is 17.3 Å². The monoisotopic (exact) mass is 418 g/mol. The number of nitrogens with zero attached hydrogens (tertiary/aromatic N) is 1. The van der Waals surface area contributed by atoms with Crippen LogP contribution in [0.5, 0.6) is 11.6 Å². The number of nitrogens with one attached hydrogen (secondary N) is 3. The molecule has 0 aliphatic carbocycles. The van der Waals surface area contributed by atoms with E-state index in [0.29, 0.717) is 12.2 Å². The van der Waals surface area contributed by atoms with Crippen LogP contribution >= 0.6 is 0 Å². The molecule has 1 aliphatic rings. The molecule has 0 bridgehead atoms. The van der Waals surface area contributed by atoms with Crippen molar-refractivity contribution in [3.05, 3.63) is 85.7 Å². The van der Waals surface area contributed by atoms with Gasteiger partial charge in [0.2, 0.25) is 5.88 Å². The number of benzene rings is 2. The normalized spacial score (nSPS) is 15.7. The van der Waals surface area contributed by atoms with E-state index in [2.05, 4.69) is 15.3 Å². The number of aromatic nitrogens is 3. The molecule has 0 spiro atoms. The topological polar surface area (TPSA) is 112 Å². The SMILES string of the molecule is COc1ccc2[nH]c3c(c2c1)CCN[C@@H]3c1c(O)n(-c2cccc(C)c2)c(=O)[nH]c1=O. The Labute approximate surface area is 177 Å². The molecule has 1 atom stereocenters. The second-order valence-corrected chi connectivity index (χ2v) is 7.74. The minimum atomic E-state index is -0.686. The van der Waals surface area contributed by atoms with Gasteiger partial charge in [-0.3, -0.25) is 9.78 Å². The van der Waals surface area contributed by atoms with Gasteiger partial charge in [-0.2, -0.15) is 0 Å². The van der Waals surface area contributed by atoms with Crippen molar-refractivity contribution < 1.29 is 9.84 Å². The number of hydrogen-bond acceptors (Lipinski definition) is 5. The highest BCUT2D eigenvalue weighted by molar-refractivity contribution is 5.86. The van der Waals surface area contributed by atoms with Crippen LogP contribution in [0.2, 0.25) is 0 Å². The molecule has 0 amide bonds. The lowest BCUT2D eigenvalue weighted by atomic mass is 9.95. The summed E-state index contributed by atoms with van der Waals surface area (Å²) in [6, 6.07) is 12.3. The fraction of sp³-hybridized carbons (Fsp3) is 0.217. The summed E-state index contributed by atoms with van der Waals surface area (Å²) in [5.74, 6) is 0.374. The minimum Gasteiger partial charge on any atom is -0.497 e. The maximum Gasteiger partial charge on any atom is 0.335 e. The zero-order valence-corrected chi connectivity index (χ0v) is 17.2. The Morgan fingerprint density at radius 1 is 1.13 bits per heavy atom. The third-order valence-electron chi connectivity index (χ3n) is 5.83. The van der Waals surface area contributed by atoms with E-state index in [9.17, 15) is 14.7 Å². The van der Waals surface area contributed by atoms with E-state index in [0.717, 1.165) is 44.5 Å². The number of aromatic amines is 2. The Balaban J connectivity index is 1.73. The molecule has 0 fully saturated rings. The van der Waals surface area contributed by atoms with Gasteiger partial charge in [0.05, 0.1) is 18.8 Å². The molecule has 2 aromatic carbocycles. The first-order valence-electron chi connectivity index (χ1n) is 10.0. The first kappa shape index (κ1) is 19.2. The van der Waals surface area contributed by atoms with Gasteiger partial charge >= 0.3 is 5.69 Å². The molecule has 31 heavy (non-hydrogen) atoms. The van der Waals surface area contributed by atoms with E-state index in [-0.39, 0.29) is 11.4 Å². The zero-order valence-electron chi connectivity index (χ0n) is 17.2. The first-order chi connectivity index (χ1) is 15.0. The Bertz CT molecular complexity index is 1430. The molecule has 2 aromatic heterocycles. The van der Waals surface area contributed by atoms with Crippen LogP contribution in [0.25, 0.3) is 16.6 Å². The fourth-order valence-corrected chi connectivity index (χ4v) is 4.39. The van der Waals surface area contributed by atoms with E-state index in [1.54, 1.807) is 25.3 Å². The predicted molar refractivity (Wildman–Crippen MR) is 117 cm³/mol. The van der Waals surface area contributed by atoms with Crippen LogP contribution in [0.15, 0.2) is 52.1 Å². The highest BCUT2D eigenvalue weighted by Crippen LogP contribution is 2.36. The van der Waals surface area contributed by atoms with Crippen LogP contribution in [0.3, 0.4) is 0 Å². The standard InChI is InChI=1S/C23H22N4O4/c1-12-4-3-5-13(10-12)27-22(29)18(21(28)26-23(27)30)20-19-15(8-9-24-20)16-11-14(31-2)6-7-17(16)25-19/h3-7,10-11,20,24-25,29H,8-9H2,1-2H3,(H,26,28,30)/t20-/m1/s1. The molecule has 1 aliphatic heterocycles. The highest BCUT2D eigenvalue weighted by atomic mass is 16.5. The van der Waals surface area contributed by atoms with Crippen molar-refractivity contribution in [2.75, 3.05) is 13.7 Å². The van der Waals surface area contributed by atoms with Gasteiger partial charge in [0, 0.05) is 23.1 Å². The van der Waals surface area contributed by atoms with E-state index >= 15 is 0 Å². The molecule has 0 unspecified atom stereocenters. The summed E-state index contributed by atoms with van der Waals surface area (Å²) in [5.41, 5.74) is 2.98. The summed E-state index contributed by atoms with van der Waals surface area (Å²) in [5, 5.41) is 15.4. The maximum atomic E-state index is 12.8. The molecule has 0 radical (unpaired) electrons. The van der Waals surface area contributed by atoms with Gasteiger partial charge in [0.1, 0.15) is 11.3 Å². The molecule has 4 aromatic rings. The average Bonchev–Trinajstić information content (AvgIpc) is 3.12. The zero-order chi connectivity index (χ0) is 21.7. The lowest BCUT2D eigenvalue weighted by molar-refractivity contribution is 0.409. The Morgan fingerprint density at radius 2 is 1.97 bits per heavy atom. The first-order valence-corrected chi connectivity index (χ1v) is 10.0. The molecule has 158 valence electrons. The number of ether oxygens (including phenoxy) is 1. The predicted octanol–water partition coefficient (Wildman–Crippen LogP) is 2.26. The Kier molecular flexibility index (Phi) is 4.44. The van der Waals surface area contributed by atoms with Crippen molar-refractivity contribution in [3.63, 3.8) is 0 Å². The minimum absolute atomic E-state index is 0.0978. The average molecular weight is 418 g/mol. The second-order valence-electron chi connectivity index (χ2n) is 7.74. The number of aryl methyl sites for hydroxylation is 1. The second kappa shape index (κ2) is 7.17. The number of hydrogen-bond donors (Lipinski definition) is 4. The summed E-state index contributed by atoms with van der Waals surface area (Å²) in [7, 11) is 1.62. The molecular formula is C23H22N4O4. The van der Waals surface area contributed by atoms with Gasteiger partial charge < -0.3 is 20.1 Å². The van der Waals surface area contributed by atoms with Gasteiger partial charge in [-0.05, 0) is 54.8 Å². The number of methoxy groups -OCH3 is 1. The van der Waals surface area contributed by atoms with Crippen LogP contribution in [0.1, 0.15) is 28.4 Å². The summed E-state index contributed by atoms with van der Waals surface area (Å²) in [6.45, 7) is 2.51. The summed E-state index contributed by atoms with van der Waals surface area (Å²) in [4.78, 5) is 31.2. The molecule has 0 saturated heterocycles. The van der Waals surface area contributed by atoms with Crippen LogP contribution in [0.4, 0.5) is 0 Å². The van der Waals surface area contributed by atoms with Crippen LogP contribution in [0, 0.1) is 6.92 Å². The van der Waals surface area contributed by atoms with Gasteiger partial charge in [-0.25, -0.2) is 9.36 Å².